The number of carbonyl (C=O) groups excluding carboxylic acids is 1. The molecule has 0 radical (unpaired) electrons. The minimum Gasteiger partial charge on any atom is -0.364 e. The molecule has 3 heterocycles. The molecule has 1 aromatic carbocycles. The van der Waals surface area contributed by atoms with E-state index in [1.807, 2.05) is 16.3 Å². The number of carbonyl (C=O) groups is 1. The Balaban J connectivity index is 1.57. The zero-order chi connectivity index (χ0) is 23.8. The molecule has 178 valence electrons. The van der Waals surface area contributed by atoms with E-state index in [4.69, 9.17) is 10.1 Å². The minimum atomic E-state index is -0.132. The van der Waals surface area contributed by atoms with Crippen molar-refractivity contribution in [2.75, 3.05) is 36.4 Å². The van der Waals surface area contributed by atoms with Gasteiger partial charge in [0.15, 0.2) is 5.82 Å². The molecule has 3 aromatic rings. The summed E-state index contributed by atoms with van der Waals surface area (Å²) in [7, 11) is 0. The molecule has 1 saturated heterocycles. The fourth-order valence-corrected chi connectivity index (χ4v) is 4.79. The first kappa shape index (κ1) is 23.4. The van der Waals surface area contributed by atoms with E-state index in [-0.39, 0.29) is 17.6 Å². The number of benzene rings is 1. The topological polar surface area (TPSA) is 77.8 Å². The number of rotatable bonds is 5. The van der Waals surface area contributed by atoms with E-state index in [0.717, 1.165) is 46.7 Å². The second-order valence-corrected chi connectivity index (χ2v) is 10.8. The lowest BCUT2D eigenvalue weighted by molar-refractivity contribution is 0.190. The molecule has 1 aliphatic rings. The number of aryl methyl sites for hydroxylation is 1. The van der Waals surface area contributed by atoms with E-state index in [1.165, 1.54) is 5.56 Å². The number of urea groups is 1. The molecule has 33 heavy (non-hydrogen) atoms. The number of amides is 2. The lowest BCUT2D eigenvalue weighted by Gasteiger charge is -2.34. The third-order valence-electron chi connectivity index (χ3n) is 5.80. The van der Waals surface area contributed by atoms with Gasteiger partial charge < -0.3 is 20.4 Å². The van der Waals surface area contributed by atoms with Gasteiger partial charge in [0.25, 0.3) is 0 Å². The lowest BCUT2D eigenvalue weighted by atomic mass is 10.1. The van der Waals surface area contributed by atoms with Crippen LogP contribution in [-0.2, 0) is 0 Å². The molecular formula is C24H35N7OS. The van der Waals surface area contributed by atoms with Crippen molar-refractivity contribution in [3.8, 4) is 11.3 Å². The van der Waals surface area contributed by atoms with Crippen molar-refractivity contribution in [3.63, 3.8) is 0 Å². The van der Waals surface area contributed by atoms with Crippen LogP contribution in [0.15, 0.2) is 24.3 Å². The first-order valence-electron chi connectivity index (χ1n) is 11.7. The molecule has 1 fully saturated rings. The van der Waals surface area contributed by atoms with Gasteiger partial charge in [0, 0.05) is 43.3 Å². The van der Waals surface area contributed by atoms with Gasteiger partial charge in [0.1, 0.15) is 5.69 Å². The quantitative estimate of drug-likeness (QED) is 0.571. The zero-order valence-corrected chi connectivity index (χ0v) is 21.3. The Morgan fingerprint density at radius 2 is 1.94 bits per heavy atom. The van der Waals surface area contributed by atoms with Crippen molar-refractivity contribution in [1.29, 1.82) is 0 Å². The van der Waals surface area contributed by atoms with Crippen LogP contribution in [0.25, 0.3) is 16.2 Å². The number of imidazole rings is 1. The number of aromatic nitrogens is 3. The highest BCUT2D eigenvalue weighted by Gasteiger charge is 2.27. The van der Waals surface area contributed by atoms with Crippen LogP contribution < -0.4 is 15.5 Å². The summed E-state index contributed by atoms with van der Waals surface area (Å²) < 4.78 is 1.94. The molecule has 1 atom stereocenters. The molecule has 9 heteroatoms. The molecule has 0 aliphatic carbocycles. The van der Waals surface area contributed by atoms with Crippen molar-refractivity contribution in [2.45, 2.75) is 59.5 Å². The second kappa shape index (κ2) is 9.21. The SMILES string of the molecule is CCC(C)NC(=O)N1CCN(c2nn3c(NC(C)(C)C)c(-c4cccc(C)c4)nc3s2)CC1. The van der Waals surface area contributed by atoms with Crippen LogP contribution in [0, 0.1) is 6.92 Å². The number of hydrogen-bond acceptors (Lipinski definition) is 6. The summed E-state index contributed by atoms with van der Waals surface area (Å²) in [6.45, 7) is 15.5. The third kappa shape index (κ3) is 5.24. The average molecular weight is 470 g/mol. The van der Waals surface area contributed by atoms with E-state index in [0.29, 0.717) is 13.1 Å². The van der Waals surface area contributed by atoms with E-state index >= 15 is 0 Å². The molecule has 4 rings (SSSR count). The molecule has 1 aliphatic heterocycles. The van der Waals surface area contributed by atoms with E-state index in [9.17, 15) is 4.79 Å². The van der Waals surface area contributed by atoms with Gasteiger partial charge in [-0.15, -0.1) is 5.10 Å². The molecule has 2 aromatic heterocycles. The van der Waals surface area contributed by atoms with Gasteiger partial charge in [-0.05, 0) is 47.1 Å². The highest BCUT2D eigenvalue weighted by molar-refractivity contribution is 7.20. The van der Waals surface area contributed by atoms with Gasteiger partial charge in [0.2, 0.25) is 10.1 Å². The van der Waals surface area contributed by atoms with Gasteiger partial charge in [-0.2, -0.15) is 4.52 Å². The number of hydrogen-bond donors (Lipinski definition) is 2. The fourth-order valence-electron chi connectivity index (χ4n) is 3.83. The van der Waals surface area contributed by atoms with Crippen LogP contribution in [0.4, 0.5) is 15.7 Å². The normalized spacial score (nSPS) is 15.7. The first-order chi connectivity index (χ1) is 15.6. The van der Waals surface area contributed by atoms with Crippen LogP contribution in [0.3, 0.4) is 0 Å². The van der Waals surface area contributed by atoms with Crippen LogP contribution in [0.2, 0.25) is 0 Å². The summed E-state index contributed by atoms with van der Waals surface area (Å²) >= 11 is 1.60. The summed E-state index contributed by atoms with van der Waals surface area (Å²) in [6, 6.07) is 8.63. The summed E-state index contributed by atoms with van der Waals surface area (Å²) in [5.41, 5.74) is 3.08. The summed E-state index contributed by atoms with van der Waals surface area (Å²) in [5.74, 6) is 0.914. The Morgan fingerprint density at radius 3 is 2.58 bits per heavy atom. The summed E-state index contributed by atoms with van der Waals surface area (Å²) in [6.07, 6.45) is 0.931. The molecule has 2 amide bonds. The average Bonchev–Trinajstić information content (AvgIpc) is 3.32. The molecule has 0 bridgehead atoms. The predicted octanol–water partition coefficient (Wildman–Crippen LogP) is 4.61. The number of nitrogens with one attached hydrogen (secondary N) is 2. The summed E-state index contributed by atoms with van der Waals surface area (Å²) in [4.78, 5) is 22.4. The van der Waals surface area contributed by atoms with Crippen molar-refractivity contribution >= 4 is 33.3 Å². The maximum atomic E-state index is 12.4. The molecule has 0 saturated carbocycles. The largest absolute Gasteiger partial charge is 0.364 e. The molecule has 8 nitrogen and oxygen atoms in total. The highest BCUT2D eigenvalue weighted by Crippen LogP contribution is 2.35. The highest BCUT2D eigenvalue weighted by atomic mass is 32.1. The molecule has 2 N–H and O–H groups in total. The van der Waals surface area contributed by atoms with E-state index in [2.05, 4.69) is 74.4 Å². The van der Waals surface area contributed by atoms with Crippen molar-refractivity contribution in [2.24, 2.45) is 0 Å². The Morgan fingerprint density at radius 1 is 1.21 bits per heavy atom. The van der Waals surface area contributed by atoms with Crippen molar-refractivity contribution in [3.05, 3.63) is 29.8 Å². The van der Waals surface area contributed by atoms with Gasteiger partial charge in [-0.3, -0.25) is 0 Å². The first-order valence-corrected chi connectivity index (χ1v) is 12.5. The molecule has 1 unspecified atom stereocenters. The Kier molecular flexibility index (Phi) is 6.52. The maximum absolute atomic E-state index is 12.4. The summed E-state index contributed by atoms with van der Waals surface area (Å²) in [5, 5.41) is 12.6. The second-order valence-electron chi connectivity index (χ2n) is 9.87. The van der Waals surface area contributed by atoms with Crippen LogP contribution >= 0.6 is 11.3 Å². The number of fused-ring (bicyclic) bond motifs is 1. The lowest BCUT2D eigenvalue weighted by Crippen LogP contribution is -2.53. The monoisotopic (exact) mass is 469 g/mol. The van der Waals surface area contributed by atoms with Gasteiger partial charge in [-0.25, -0.2) is 9.78 Å². The number of anilines is 2. The van der Waals surface area contributed by atoms with Crippen molar-refractivity contribution in [1.82, 2.24) is 24.8 Å². The van der Waals surface area contributed by atoms with Crippen LogP contribution in [0.5, 0.6) is 0 Å². The Bertz CT molecular complexity index is 1120. The molecular weight excluding hydrogens is 434 g/mol. The van der Waals surface area contributed by atoms with Crippen LogP contribution in [-0.4, -0.2) is 63.3 Å². The zero-order valence-electron chi connectivity index (χ0n) is 20.5. The standard InChI is InChI=1S/C24H35N7OS/c1-7-17(3)25-21(32)29-11-13-30(14-12-29)23-28-31-20(27-24(4,5)6)19(26-22(31)33-23)18-10-8-9-16(2)15-18/h8-10,15,17,27H,7,11-14H2,1-6H3,(H,25,32). The minimum absolute atomic E-state index is 0.0254. The van der Waals surface area contributed by atoms with E-state index in [1.54, 1.807) is 11.3 Å². The number of nitrogens with zero attached hydrogens (tertiary/aromatic N) is 5. The third-order valence-corrected chi connectivity index (χ3v) is 6.77. The van der Waals surface area contributed by atoms with Crippen molar-refractivity contribution < 1.29 is 4.79 Å². The van der Waals surface area contributed by atoms with Gasteiger partial charge in [-0.1, -0.05) is 42.0 Å². The smallest absolute Gasteiger partial charge is 0.317 e. The Hall–Kier alpha value is -2.81. The maximum Gasteiger partial charge on any atom is 0.317 e. The fraction of sp³-hybridized carbons (Fsp3) is 0.542. The Labute approximate surface area is 200 Å². The van der Waals surface area contributed by atoms with Crippen LogP contribution in [0.1, 0.15) is 46.6 Å². The number of piperazine rings is 1. The predicted molar refractivity (Wildman–Crippen MR) is 136 cm³/mol. The van der Waals surface area contributed by atoms with Gasteiger partial charge >= 0.3 is 6.03 Å². The van der Waals surface area contributed by atoms with E-state index < -0.39 is 0 Å². The van der Waals surface area contributed by atoms with Gasteiger partial charge in [0.05, 0.1) is 0 Å². The molecule has 0 spiro atoms.